The summed E-state index contributed by atoms with van der Waals surface area (Å²) in [6, 6.07) is 7.77. The zero-order chi connectivity index (χ0) is 21.4. The summed E-state index contributed by atoms with van der Waals surface area (Å²) in [6.07, 6.45) is 10.4. The first kappa shape index (κ1) is 26.2. The van der Waals surface area contributed by atoms with Crippen molar-refractivity contribution in [3.8, 4) is 5.75 Å². The zero-order valence-corrected chi connectivity index (χ0v) is 21.8. The Kier molecular flexibility index (Phi) is 10.8. The van der Waals surface area contributed by atoms with Crippen LogP contribution in [-0.2, 0) is 9.84 Å². The Bertz CT molecular complexity index is 787. The minimum atomic E-state index is -3.18. The number of benzene rings is 1. The van der Waals surface area contributed by atoms with Crippen molar-refractivity contribution >= 4 is 39.8 Å². The van der Waals surface area contributed by atoms with E-state index in [2.05, 4.69) is 20.5 Å². The molecule has 0 bridgehead atoms. The molecule has 2 aliphatic rings. The van der Waals surface area contributed by atoms with E-state index < -0.39 is 9.84 Å². The van der Waals surface area contributed by atoms with Crippen LogP contribution in [0.15, 0.2) is 34.2 Å². The Hall–Kier alpha value is -1.07. The van der Waals surface area contributed by atoms with E-state index in [0.29, 0.717) is 29.8 Å². The maximum atomic E-state index is 11.5. The van der Waals surface area contributed by atoms with Crippen LogP contribution in [0, 0.1) is 0 Å². The van der Waals surface area contributed by atoms with Crippen LogP contribution < -0.4 is 15.4 Å². The number of halogens is 1. The van der Waals surface area contributed by atoms with Crippen molar-refractivity contribution in [2.24, 2.45) is 4.99 Å². The summed E-state index contributed by atoms with van der Waals surface area (Å²) >= 11 is 0. The molecule has 9 heteroatoms. The number of piperidine rings is 1. The molecule has 1 aliphatic carbocycles. The number of rotatable bonds is 7. The van der Waals surface area contributed by atoms with E-state index in [1.807, 2.05) is 0 Å². The SMILES string of the molecule is CN=C(NCCOc1ccc(S(C)(=O)=O)cc1)NC1CCN(C2CCCCC2)CC1.I. The molecule has 2 N–H and O–H groups in total. The molecule has 2 fully saturated rings. The van der Waals surface area contributed by atoms with Crippen LogP contribution in [0.4, 0.5) is 0 Å². The highest BCUT2D eigenvalue weighted by atomic mass is 127. The summed E-state index contributed by atoms with van der Waals surface area (Å²) < 4.78 is 28.7. The van der Waals surface area contributed by atoms with Crippen molar-refractivity contribution in [3.05, 3.63) is 24.3 Å². The lowest BCUT2D eigenvalue weighted by molar-refractivity contribution is 0.119. The Labute approximate surface area is 204 Å². The molecule has 1 saturated heterocycles. The van der Waals surface area contributed by atoms with Gasteiger partial charge in [0.1, 0.15) is 12.4 Å². The first-order chi connectivity index (χ1) is 14.5. The van der Waals surface area contributed by atoms with Crippen molar-refractivity contribution in [1.82, 2.24) is 15.5 Å². The van der Waals surface area contributed by atoms with Crippen molar-refractivity contribution in [1.29, 1.82) is 0 Å². The smallest absolute Gasteiger partial charge is 0.191 e. The first-order valence-corrected chi connectivity index (χ1v) is 13.0. The van der Waals surface area contributed by atoms with Gasteiger partial charge in [-0.3, -0.25) is 4.99 Å². The number of hydrogen-bond acceptors (Lipinski definition) is 5. The van der Waals surface area contributed by atoms with Crippen LogP contribution in [0.5, 0.6) is 5.75 Å². The van der Waals surface area contributed by atoms with Gasteiger partial charge in [-0.2, -0.15) is 0 Å². The molecule has 176 valence electrons. The fraction of sp³-hybridized carbons (Fsp3) is 0.682. The molecule has 0 atom stereocenters. The van der Waals surface area contributed by atoms with Gasteiger partial charge in [0.25, 0.3) is 0 Å². The molecule has 1 heterocycles. The van der Waals surface area contributed by atoms with E-state index in [0.717, 1.165) is 24.8 Å². The third-order valence-corrected chi connectivity index (χ3v) is 7.23. The lowest BCUT2D eigenvalue weighted by Gasteiger charge is -2.39. The number of sulfone groups is 1. The summed E-state index contributed by atoms with van der Waals surface area (Å²) in [5, 5.41) is 6.84. The van der Waals surface area contributed by atoms with Gasteiger partial charge in [-0.1, -0.05) is 19.3 Å². The molecular formula is C22H37IN4O3S. The molecule has 3 rings (SSSR count). The standard InChI is InChI=1S/C22H36N4O3S.HI/c1-23-22(24-14-17-29-20-8-10-21(11-9-20)30(2,27)28)25-18-12-15-26(16-13-18)19-6-4-3-5-7-19;/h8-11,18-19H,3-7,12-17H2,1-2H3,(H2,23,24,25);1H. The van der Waals surface area contributed by atoms with Gasteiger partial charge in [0, 0.05) is 38.5 Å². The molecule has 1 aromatic rings. The highest BCUT2D eigenvalue weighted by Gasteiger charge is 2.26. The van der Waals surface area contributed by atoms with Crippen LogP contribution >= 0.6 is 24.0 Å². The number of hydrogen-bond donors (Lipinski definition) is 2. The van der Waals surface area contributed by atoms with Gasteiger partial charge in [-0.25, -0.2) is 8.42 Å². The Morgan fingerprint density at radius 2 is 1.74 bits per heavy atom. The molecule has 1 aliphatic heterocycles. The quantitative estimate of drug-likeness (QED) is 0.229. The molecule has 1 saturated carbocycles. The van der Waals surface area contributed by atoms with Crippen molar-refractivity contribution in [2.45, 2.75) is 61.9 Å². The molecular weight excluding hydrogens is 527 g/mol. The largest absolute Gasteiger partial charge is 0.492 e. The van der Waals surface area contributed by atoms with Crippen molar-refractivity contribution in [2.75, 3.05) is 39.5 Å². The number of nitrogens with zero attached hydrogens (tertiary/aromatic N) is 2. The molecule has 0 unspecified atom stereocenters. The summed E-state index contributed by atoms with van der Waals surface area (Å²) in [7, 11) is -1.39. The van der Waals surface area contributed by atoms with E-state index in [4.69, 9.17) is 4.74 Å². The zero-order valence-electron chi connectivity index (χ0n) is 18.7. The van der Waals surface area contributed by atoms with Crippen LogP contribution in [0.25, 0.3) is 0 Å². The second-order valence-corrected chi connectivity index (χ2v) is 10.4. The molecule has 0 amide bonds. The number of likely N-dealkylation sites (tertiary alicyclic amines) is 1. The summed E-state index contributed by atoms with van der Waals surface area (Å²) in [5.74, 6) is 1.46. The topological polar surface area (TPSA) is 83.0 Å². The maximum Gasteiger partial charge on any atom is 0.191 e. The third-order valence-electron chi connectivity index (χ3n) is 6.10. The summed E-state index contributed by atoms with van der Waals surface area (Å²) in [4.78, 5) is 7.32. The molecule has 7 nitrogen and oxygen atoms in total. The Morgan fingerprint density at radius 3 is 2.32 bits per heavy atom. The minimum Gasteiger partial charge on any atom is -0.492 e. The number of aliphatic imine (C=N–C) groups is 1. The predicted molar refractivity (Wildman–Crippen MR) is 136 cm³/mol. The van der Waals surface area contributed by atoms with Crippen molar-refractivity contribution in [3.63, 3.8) is 0 Å². The number of nitrogens with one attached hydrogen (secondary N) is 2. The minimum absolute atomic E-state index is 0. The molecule has 31 heavy (non-hydrogen) atoms. The molecule has 1 aromatic carbocycles. The monoisotopic (exact) mass is 564 g/mol. The van der Waals surface area contributed by atoms with Crippen LogP contribution in [0.2, 0.25) is 0 Å². The van der Waals surface area contributed by atoms with Gasteiger partial charge in [0.2, 0.25) is 0 Å². The van der Waals surface area contributed by atoms with Gasteiger partial charge >= 0.3 is 0 Å². The molecule has 0 radical (unpaired) electrons. The van der Waals surface area contributed by atoms with E-state index in [-0.39, 0.29) is 24.0 Å². The average Bonchev–Trinajstić information content (AvgIpc) is 2.76. The van der Waals surface area contributed by atoms with Gasteiger partial charge in [-0.05, 0) is 49.9 Å². The predicted octanol–water partition coefficient (Wildman–Crippen LogP) is 3.05. The fourth-order valence-corrected chi connectivity index (χ4v) is 4.99. The van der Waals surface area contributed by atoms with Crippen LogP contribution in [-0.4, -0.2) is 70.9 Å². The number of ether oxygens (including phenoxy) is 1. The van der Waals surface area contributed by atoms with E-state index in [1.165, 1.54) is 51.4 Å². The normalized spacial score (nSPS) is 19.5. The van der Waals surface area contributed by atoms with Gasteiger partial charge in [-0.15, -0.1) is 24.0 Å². The van der Waals surface area contributed by atoms with Gasteiger partial charge in [0.05, 0.1) is 11.4 Å². The molecule has 0 spiro atoms. The second-order valence-electron chi connectivity index (χ2n) is 8.34. The van der Waals surface area contributed by atoms with Gasteiger partial charge < -0.3 is 20.3 Å². The highest BCUT2D eigenvalue weighted by Crippen LogP contribution is 2.25. The summed E-state index contributed by atoms with van der Waals surface area (Å²) in [5.41, 5.74) is 0. The summed E-state index contributed by atoms with van der Waals surface area (Å²) in [6.45, 7) is 3.44. The highest BCUT2D eigenvalue weighted by molar-refractivity contribution is 14.0. The van der Waals surface area contributed by atoms with E-state index in [1.54, 1.807) is 31.3 Å². The number of guanidine groups is 1. The average molecular weight is 565 g/mol. The van der Waals surface area contributed by atoms with Crippen molar-refractivity contribution < 1.29 is 13.2 Å². The maximum absolute atomic E-state index is 11.5. The van der Waals surface area contributed by atoms with Crippen LogP contribution in [0.1, 0.15) is 44.9 Å². The third kappa shape index (κ3) is 8.42. The Balaban J connectivity index is 0.00000341. The van der Waals surface area contributed by atoms with E-state index in [9.17, 15) is 8.42 Å². The fourth-order valence-electron chi connectivity index (χ4n) is 4.36. The Morgan fingerprint density at radius 1 is 1.10 bits per heavy atom. The lowest BCUT2D eigenvalue weighted by atomic mass is 9.92. The lowest BCUT2D eigenvalue weighted by Crippen LogP contribution is -2.51. The molecule has 0 aromatic heterocycles. The first-order valence-electron chi connectivity index (χ1n) is 11.1. The van der Waals surface area contributed by atoms with Gasteiger partial charge in [0.15, 0.2) is 15.8 Å². The second kappa shape index (κ2) is 12.8. The van der Waals surface area contributed by atoms with Crippen LogP contribution in [0.3, 0.4) is 0 Å². The van der Waals surface area contributed by atoms with E-state index >= 15 is 0 Å².